The summed E-state index contributed by atoms with van der Waals surface area (Å²) >= 11 is 1.02. The predicted molar refractivity (Wildman–Crippen MR) is 94.1 cm³/mol. The number of aromatic nitrogens is 2. The standard InChI is InChI=1S/C18H12N4O2S/c1-12-4-6-13(7-5-12)15-9-8-14(11-19)17(21-15)25-18-16(22(23)24)3-2-10-20-18/h2-10H,1H3. The van der Waals surface area contributed by atoms with Crippen LogP contribution in [0.4, 0.5) is 5.69 Å². The third kappa shape index (κ3) is 3.65. The Balaban J connectivity index is 2.04. The van der Waals surface area contributed by atoms with E-state index in [0.717, 1.165) is 22.9 Å². The molecule has 0 bridgehead atoms. The predicted octanol–water partition coefficient (Wildman–Crippen LogP) is 4.38. The number of nitriles is 1. The molecule has 3 aromatic rings. The molecule has 0 aliphatic carbocycles. The number of nitrogens with zero attached hydrogens (tertiary/aromatic N) is 4. The van der Waals surface area contributed by atoms with Gasteiger partial charge < -0.3 is 0 Å². The van der Waals surface area contributed by atoms with E-state index in [0.29, 0.717) is 16.3 Å². The molecule has 122 valence electrons. The monoisotopic (exact) mass is 348 g/mol. The molecule has 0 amide bonds. The van der Waals surface area contributed by atoms with Crippen LogP contribution in [-0.2, 0) is 0 Å². The van der Waals surface area contributed by atoms with Gasteiger partial charge in [0.2, 0.25) is 0 Å². The minimum absolute atomic E-state index is 0.112. The molecule has 0 saturated carbocycles. The highest BCUT2D eigenvalue weighted by Crippen LogP contribution is 2.34. The van der Waals surface area contributed by atoms with Crippen LogP contribution in [0.15, 0.2) is 64.8 Å². The second-order valence-electron chi connectivity index (χ2n) is 5.21. The number of benzene rings is 1. The van der Waals surface area contributed by atoms with Gasteiger partial charge in [-0.3, -0.25) is 10.1 Å². The highest BCUT2D eigenvalue weighted by Gasteiger charge is 2.18. The molecule has 2 heterocycles. The molecule has 25 heavy (non-hydrogen) atoms. The molecule has 2 aromatic heterocycles. The number of hydrogen-bond donors (Lipinski definition) is 0. The molecule has 0 radical (unpaired) electrons. The highest BCUT2D eigenvalue weighted by molar-refractivity contribution is 7.99. The smallest absolute Gasteiger partial charge is 0.258 e. The maximum absolute atomic E-state index is 11.2. The molecule has 7 heteroatoms. The van der Waals surface area contributed by atoms with Gasteiger partial charge in [-0.15, -0.1) is 0 Å². The Morgan fingerprint density at radius 2 is 1.88 bits per heavy atom. The van der Waals surface area contributed by atoms with Crippen molar-refractivity contribution in [2.75, 3.05) is 0 Å². The fraction of sp³-hybridized carbons (Fsp3) is 0.0556. The van der Waals surface area contributed by atoms with Gasteiger partial charge in [0.05, 0.1) is 16.2 Å². The summed E-state index contributed by atoms with van der Waals surface area (Å²) in [6.07, 6.45) is 1.48. The van der Waals surface area contributed by atoms with Gasteiger partial charge in [-0.05, 0) is 36.9 Å². The Labute approximate surface area is 148 Å². The van der Waals surface area contributed by atoms with Crippen LogP contribution in [0.5, 0.6) is 0 Å². The zero-order valence-corrected chi connectivity index (χ0v) is 14.0. The SMILES string of the molecule is Cc1ccc(-c2ccc(C#N)c(Sc3ncccc3[N+](=O)[O-])n2)cc1. The van der Waals surface area contributed by atoms with Crippen molar-refractivity contribution >= 4 is 17.4 Å². The van der Waals surface area contributed by atoms with Gasteiger partial charge >= 0.3 is 5.69 Å². The van der Waals surface area contributed by atoms with Crippen molar-refractivity contribution in [2.24, 2.45) is 0 Å². The van der Waals surface area contributed by atoms with Gasteiger partial charge in [-0.1, -0.05) is 29.8 Å². The van der Waals surface area contributed by atoms with Gasteiger partial charge in [0.15, 0.2) is 5.03 Å². The molecule has 0 fully saturated rings. The Morgan fingerprint density at radius 3 is 2.56 bits per heavy atom. The first-order chi connectivity index (χ1) is 12.1. The number of hydrogen-bond acceptors (Lipinski definition) is 6. The fourth-order valence-corrected chi connectivity index (χ4v) is 3.09. The van der Waals surface area contributed by atoms with Crippen molar-refractivity contribution in [1.29, 1.82) is 5.26 Å². The molecule has 1 aromatic carbocycles. The van der Waals surface area contributed by atoms with Gasteiger partial charge in [0.1, 0.15) is 11.1 Å². The fourth-order valence-electron chi connectivity index (χ4n) is 2.18. The zero-order valence-electron chi connectivity index (χ0n) is 13.2. The summed E-state index contributed by atoms with van der Waals surface area (Å²) in [5.41, 5.74) is 2.98. The zero-order chi connectivity index (χ0) is 17.8. The van der Waals surface area contributed by atoms with Crippen LogP contribution in [0.25, 0.3) is 11.3 Å². The molecule has 6 nitrogen and oxygen atoms in total. The summed E-state index contributed by atoms with van der Waals surface area (Å²) in [5, 5.41) is 21.1. The lowest BCUT2D eigenvalue weighted by Gasteiger charge is -2.07. The van der Waals surface area contributed by atoms with E-state index < -0.39 is 4.92 Å². The van der Waals surface area contributed by atoms with Crippen LogP contribution in [0.3, 0.4) is 0 Å². The van der Waals surface area contributed by atoms with E-state index in [1.54, 1.807) is 12.1 Å². The molecule has 0 saturated heterocycles. The van der Waals surface area contributed by atoms with E-state index in [9.17, 15) is 15.4 Å². The molecular weight excluding hydrogens is 336 g/mol. The second-order valence-corrected chi connectivity index (χ2v) is 6.19. The van der Waals surface area contributed by atoms with Crippen LogP contribution in [-0.4, -0.2) is 14.9 Å². The summed E-state index contributed by atoms with van der Waals surface area (Å²) in [4.78, 5) is 19.2. The lowest BCUT2D eigenvalue weighted by atomic mass is 10.1. The Hall–Kier alpha value is -3.24. The van der Waals surface area contributed by atoms with Crippen molar-refractivity contribution in [3.63, 3.8) is 0 Å². The van der Waals surface area contributed by atoms with Crippen molar-refractivity contribution in [1.82, 2.24) is 9.97 Å². The van der Waals surface area contributed by atoms with Crippen molar-refractivity contribution in [2.45, 2.75) is 17.0 Å². The molecule has 0 spiro atoms. The first-order valence-electron chi connectivity index (χ1n) is 7.34. The lowest BCUT2D eigenvalue weighted by molar-refractivity contribution is -0.388. The largest absolute Gasteiger partial charge is 0.301 e. The summed E-state index contributed by atoms with van der Waals surface area (Å²) in [7, 11) is 0. The minimum atomic E-state index is -0.495. The molecule has 3 rings (SSSR count). The molecular formula is C18H12N4O2S. The van der Waals surface area contributed by atoms with Crippen LogP contribution in [0.1, 0.15) is 11.1 Å². The second kappa shape index (κ2) is 7.11. The average Bonchev–Trinajstić information content (AvgIpc) is 2.62. The van der Waals surface area contributed by atoms with Crippen molar-refractivity contribution in [3.8, 4) is 17.3 Å². The quantitative estimate of drug-likeness (QED) is 0.513. The van der Waals surface area contributed by atoms with Crippen LogP contribution < -0.4 is 0 Å². The normalized spacial score (nSPS) is 10.2. The van der Waals surface area contributed by atoms with E-state index in [1.165, 1.54) is 18.3 Å². The topological polar surface area (TPSA) is 92.7 Å². The number of aryl methyl sites for hydroxylation is 1. The number of rotatable bonds is 4. The third-order valence-electron chi connectivity index (χ3n) is 3.47. The van der Waals surface area contributed by atoms with E-state index >= 15 is 0 Å². The van der Waals surface area contributed by atoms with E-state index in [-0.39, 0.29) is 10.7 Å². The van der Waals surface area contributed by atoms with Crippen LogP contribution in [0.2, 0.25) is 0 Å². The molecule has 0 N–H and O–H groups in total. The van der Waals surface area contributed by atoms with Gasteiger partial charge in [0.25, 0.3) is 0 Å². The van der Waals surface area contributed by atoms with E-state index in [4.69, 9.17) is 0 Å². The average molecular weight is 348 g/mol. The van der Waals surface area contributed by atoms with Gasteiger partial charge in [0, 0.05) is 17.8 Å². The van der Waals surface area contributed by atoms with Gasteiger partial charge in [-0.25, -0.2) is 9.97 Å². The van der Waals surface area contributed by atoms with Crippen molar-refractivity contribution in [3.05, 3.63) is 76.0 Å². The lowest BCUT2D eigenvalue weighted by Crippen LogP contribution is -1.95. The summed E-state index contributed by atoms with van der Waals surface area (Å²) in [6, 6.07) is 16.2. The van der Waals surface area contributed by atoms with Gasteiger partial charge in [-0.2, -0.15) is 5.26 Å². The molecule has 0 aliphatic rings. The van der Waals surface area contributed by atoms with Crippen molar-refractivity contribution < 1.29 is 4.92 Å². The first-order valence-corrected chi connectivity index (χ1v) is 8.15. The molecule has 0 aliphatic heterocycles. The first kappa shape index (κ1) is 16.6. The Kier molecular flexibility index (Phi) is 4.73. The highest BCUT2D eigenvalue weighted by atomic mass is 32.2. The Morgan fingerprint density at radius 1 is 1.12 bits per heavy atom. The maximum atomic E-state index is 11.2. The van der Waals surface area contributed by atoms with Crippen LogP contribution in [0, 0.1) is 28.4 Å². The van der Waals surface area contributed by atoms with E-state index in [2.05, 4.69) is 16.0 Å². The number of nitro groups is 1. The molecule has 0 unspecified atom stereocenters. The van der Waals surface area contributed by atoms with E-state index in [1.807, 2.05) is 31.2 Å². The maximum Gasteiger partial charge on any atom is 0.301 e. The minimum Gasteiger partial charge on any atom is -0.258 e. The summed E-state index contributed by atoms with van der Waals surface area (Å²) in [6.45, 7) is 2.00. The van der Waals surface area contributed by atoms with Crippen LogP contribution >= 0.6 is 11.8 Å². The summed E-state index contributed by atoms with van der Waals surface area (Å²) in [5.74, 6) is 0. The molecule has 0 atom stereocenters. The Bertz CT molecular complexity index is 981. The third-order valence-corrected chi connectivity index (χ3v) is 4.48. The number of pyridine rings is 2. The summed E-state index contributed by atoms with van der Waals surface area (Å²) < 4.78 is 0.